The number of aliphatic hydroxyl groups excluding tert-OH is 1. The van der Waals surface area contributed by atoms with E-state index in [0.717, 1.165) is 12.0 Å². The molecule has 0 saturated carbocycles. The van der Waals surface area contributed by atoms with Crippen molar-refractivity contribution in [2.24, 2.45) is 5.73 Å². The Hall–Kier alpha value is -0.860. The molecular weight excluding hydrogens is 210 g/mol. The Balaban J connectivity index is 2.74. The molecule has 0 spiro atoms. The standard InChI is InChI=1S/C15H25NO/c1-5-13(16)10-14(17)11-6-8-12(9-7-11)15(2,3)4/h6-9,13-14,17H,5,10,16H2,1-4H3. The van der Waals surface area contributed by atoms with E-state index in [0.29, 0.717) is 6.42 Å². The van der Waals surface area contributed by atoms with Crippen LogP contribution < -0.4 is 5.73 Å². The van der Waals surface area contributed by atoms with E-state index in [1.807, 2.05) is 19.1 Å². The zero-order valence-corrected chi connectivity index (χ0v) is 11.4. The van der Waals surface area contributed by atoms with Gasteiger partial charge in [0, 0.05) is 6.04 Å². The molecule has 0 saturated heterocycles. The highest BCUT2D eigenvalue weighted by atomic mass is 16.3. The van der Waals surface area contributed by atoms with Gasteiger partial charge in [-0.1, -0.05) is 52.0 Å². The Kier molecular flexibility index (Phi) is 4.72. The Bertz CT molecular complexity index is 337. The molecule has 2 atom stereocenters. The number of hydrogen-bond acceptors (Lipinski definition) is 2. The maximum absolute atomic E-state index is 10.0. The van der Waals surface area contributed by atoms with Crippen molar-refractivity contribution >= 4 is 0 Å². The van der Waals surface area contributed by atoms with Gasteiger partial charge in [0.2, 0.25) is 0 Å². The van der Waals surface area contributed by atoms with Gasteiger partial charge >= 0.3 is 0 Å². The number of nitrogens with two attached hydrogens (primary N) is 1. The molecule has 1 rings (SSSR count). The molecule has 0 aliphatic rings. The average Bonchev–Trinajstić information content (AvgIpc) is 2.27. The smallest absolute Gasteiger partial charge is 0.0804 e. The minimum absolute atomic E-state index is 0.0762. The van der Waals surface area contributed by atoms with Crippen LogP contribution in [0, 0.1) is 0 Å². The van der Waals surface area contributed by atoms with Crippen LogP contribution in [0.15, 0.2) is 24.3 Å². The van der Waals surface area contributed by atoms with E-state index in [1.54, 1.807) is 0 Å². The third-order valence-corrected chi connectivity index (χ3v) is 3.21. The summed E-state index contributed by atoms with van der Waals surface area (Å²) < 4.78 is 0. The van der Waals surface area contributed by atoms with Gasteiger partial charge in [0.15, 0.2) is 0 Å². The summed E-state index contributed by atoms with van der Waals surface area (Å²) in [5.41, 5.74) is 8.25. The Morgan fingerprint density at radius 1 is 1.18 bits per heavy atom. The topological polar surface area (TPSA) is 46.2 Å². The van der Waals surface area contributed by atoms with Crippen LogP contribution in [-0.4, -0.2) is 11.1 Å². The first-order chi connectivity index (χ1) is 7.84. The molecule has 3 N–H and O–H groups in total. The van der Waals surface area contributed by atoms with Gasteiger partial charge in [-0.2, -0.15) is 0 Å². The van der Waals surface area contributed by atoms with Gasteiger partial charge in [-0.3, -0.25) is 0 Å². The highest BCUT2D eigenvalue weighted by molar-refractivity contribution is 5.28. The van der Waals surface area contributed by atoms with Gasteiger partial charge in [0.25, 0.3) is 0 Å². The summed E-state index contributed by atoms with van der Waals surface area (Å²) in [6, 6.07) is 8.28. The molecule has 2 nitrogen and oxygen atoms in total. The molecule has 0 bridgehead atoms. The lowest BCUT2D eigenvalue weighted by Crippen LogP contribution is -2.21. The van der Waals surface area contributed by atoms with Crippen molar-refractivity contribution in [3.8, 4) is 0 Å². The third-order valence-electron chi connectivity index (χ3n) is 3.21. The van der Waals surface area contributed by atoms with Crippen molar-refractivity contribution in [3.05, 3.63) is 35.4 Å². The fourth-order valence-electron chi connectivity index (χ4n) is 1.79. The van der Waals surface area contributed by atoms with Crippen molar-refractivity contribution in [3.63, 3.8) is 0 Å². The zero-order valence-electron chi connectivity index (χ0n) is 11.4. The lowest BCUT2D eigenvalue weighted by Gasteiger charge is -2.20. The lowest BCUT2D eigenvalue weighted by molar-refractivity contribution is 0.157. The highest BCUT2D eigenvalue weighted by Gasteiger charge is 2.15. The highest BCUT2D eigenvalue weighted by Crippen LogP contribution is 2.25. The summed E-state index contributed by atoms with van der Waals surface area (Å²) in [6.45, 7) is 8.60. The second-order valence-corrected chi connectivity index (χ2v) is 5.79. The molecule has 0 aliphatic heterocycles. The maximum atomic E-state index is 10.0. The molecule has 0 aromatic heterocycles. The normalized spacial score (nSPS) is 15.6. The predicted octanol–water partition coefficient (Wildman–Crippen LogP) is 3.14. The SMILES string of the molecule is CCC(N)CC(O)c1ccc(C(C)(C)C)cc1. The third kappa shape index (κ3) is 4.14. The number of benzene rings is 1. The molecule has 0 heterocycles. The molecule has 1 aromatic rings. The number of hydrogen-bond donors (Lipinski definition) is 2. The monoisotopic (exact) mass is 235 g/mol. The summed E-state index contributed by atoms with van der Waals surface area (Å²) in [6.07, 6.45) is 1.08. The summed E-state index contributed by atoms with van der Waals surface area (Å²) in [5.74, 6) is 0. The second kappa shape index (κ2) is 5.65. The van der Waals surface area contributed by atoms with Gasteiger partial charge in [0.05, 0.1) is 6.10 Å². The molecule has 17 heavy (non-hydrogen) atoms. The summed E-state index contributed by atoms with van der Waals surface area (Å²) in [7, 11) is 0. The first-order valence-electron chi connectivity index (χ1n) is 6.38. The van der Waals surface area contributed by atoms with E-state index in [9.17, 15) is 5.11 Å². The summed E-state index contributed by atoms with van der Waals surface area (Å²) in [4.78, 5) is 0. The minimum atomic E-state index is -0.445. The Morgan fingerprint density at radius 2 is 1.71 bits per heavy atom. The van der Waals surface area contributed by atoms with Crippen LogP contribution in [0.25, 0.3) is 0 Å². The molecule has 0 aliphatic carbocycles. The van der Waals surface area contributed by atoms with Gasteiger partial charge in [-0.15, -0.1) is 0 Å². The van der Waals surface area contributed by atoms with Crippen molar-refractivity contribution in [2.45, 2.75) is 58.1 Å². The fourth-order valence-corrected chi connectivity index (χ4v) is 1.79. The molecule has 0 radical (unpaired) electrons. The van der Waals surface area contributed by atoms with Crippen molar-refractivity contribution in [2.75, 3.05) is 0 Å². The molecule has 1 aromatic carbocycles. The second-order valence-electron chi connectivity index (χ2n) is 5.79. The zero-order chi connectivity index (χ0) is 13.1. The van der Waals surface area contributed by atoms with Gasteiger partial charge < -0.3 is 10.8 Å². The van der Waals surface area contributed by atoms with Crippen LogP contribution in [0.3, 0.4) is 0 Å². The maximum Gasteiger partial charge on any atom is 0.0804 e. The molecule has 96 valence electrons. The van der Waals surface area contributed by atoms with Gasteiger partial charge in [-0.05, 0) is 29.4 Å². The van der Waals surface area contributed by atoms with Crippen LogP contribution in [-0.2, 0) is 5.41 Å². The van der Waals surface area contributed by atoms with Crippen LogP contribution >= 0.6 is 0 Å². The van der Waals surface area contributed by atoms with Crippen LogP contribution in [0.2, 0.25) is 0 Å². The van der Waals surface area contributed by atoms with Gasteiger partial charge in [0.1, 0.15) is 0 Å². The van der Waals surface area contributed by atoms with E-state index in [1.165, 1.54) is 5.56 Å². The lowest BCUT2D eigenvalue weighted by atomic mass is 9.86. The van der Waals surface area contributed by atoms with Gasteiger partial charge in [-0.25, -0.2) is 0 Å². The Morgan fingerprint density at radius 3 is 2.12 bits per heavy atom. The number of aliphatic hydroxyl groups is 1. The fraction of sp³-hybridized carbons (Fsp3) is 0.600. The molecule has 0 amide bonds. The first kappa shape index (κ1) is 14.2. The van der Waals surface area contributed by atoms with Crippen LogP contribution in [0.5, 0.6) is 0 Å². The predicted molar refractivity (Wildman–Crippen MR) is 73.0 cm³/mol. The Labute approximate surface area is 105 Å². The van der Waals surface area contributed by atoms with E-state index in [-0.39, 0.29) is 11.5 Å². The largest absolute Gasteiger partial charge is 0.388 e. The van der Waals surface area contributed by atoms with Crippen LogP contribution in [0.1, 0.15) is 57.8 Å². The van der Waals surface area contributed by atoms with E-state index >= 15 is 0 Å². The molecule has 2 unspecified atom stereocenters. The first-order valence-corrected chi connectivity index (χ1v) is 6.38. The van der Waals surface area contributed by atoms with E-state index < -0.39 is 6.10 Å². The van der Waals surface area contributed by atoms with E-state index in [4.69, 9.17) is 5.73 Å². The molecule has 0 fully saturated rings. The van der Waals surface area contributed by atoms with Crippen molar-refractivity contribution in [1.82, 2.24) is 0 Å². The molecule has 2 heteroatoms. The summed E-state index contributed by atoms with van der Waals surface area (Å²) in [5, 5.41) is 10.0. The number of rotatable bonds is 4. The van der Waals surface area contributed by atoms with Crippen molar-refractivity contribution in [1.29, 1.82) is 0 Å². The quantitative estimate of drug-likeness (QED) is 0.842. The minimum Gasteiger partial charge on any atom is -0.388 e. The average molecular weight is 235 g/mol. The van der Waals surface area contributed by atoms with Crippen LogP contribution in [0.4, 0.5) is 0 Å². The van der Waals surface area contributed by atoms with E-state index in [2.05, 4.69) is 32.9 Å². The van der Waals surface area contributed by atoms with Crippen molar-refractivity contribution < 1.29 is 5.11 Å². The molecular formula is C15H25NO. The summed E-state index contributed by atoms with van der Waals surface area (Å²) >= 11 is 0.